The number of hydrogen-bond acceptors (Lipinski definition) is 6. The second kappa shape index (κ2) is 9.32. The molecule has 0 atom stereocenters. The van der Waals surface area contributed by atoms with Gasteiger partial charge in [0.15, 0.2) is 11.6 Å². The van der Waals surface area contributed by atoms with Gasteiger partial charge in [0, 0.05) is 37.9 Å². The van der Waals surface area contributed by atoms with Crippen LogP contribution in [0.4, 0.5) is 0 Å². The highest BCUT2D eigenvalue weighted by Crippen LogP contribution is 2.38. The Labute approximate surface area is 201 Å². The van der Waals surface area contributed by atoms with E-state index >= 15 is 0 Å². The fraction of sp³-hybridized carbons (Fsp3) is 0.500. The lowest BCUT2D eigenvalue weighted by Gasteiger charge is -2.30. The Morgan fingerprint density at radius 3 is 2.35 bits per heavy atom. The molecule has 4 rings (SSSR count). The van der Waals surface area contributed by atoms with Gasteiger partial charge in [-0.2, -0.15) is 0 Å². The standard InChI is InChI=1S/C28H34N2O4/c1-27(2)14-21(31)25(22(32)15-27)19(29-13-12-18-8-6-5-7-9-18)10-11-20-26-23(33)16-28(3,4)17-24(26)34-30-20/h5-9,31H,10-17H2,1-4H3. The normalized spacial score (nSPS) is 19.9. The molecular formula is C28H34N2O4. The number of allylic oxidation sites excluding steroid dienone is 2. The van der Waals surface area contributed by atoms with Gasteiger partial charge in [-0.3, -0.25) is 14.6 Å². The molecule has 0 unspecified atom stereocenters. The van der Waals surface area contributed by atoms with E-state index < -0.39 is 0 Å². The molecule has 2 aliphatic carbocycles. The van der Waals surface area contributed by atoms with Crippen LogP contribution in [0.2, 0.25) is 0 Å². The number of aromatic nitrogens is 1. The van der Waals surface area contributed by atoms with Crippen LogP contribution in [0.15, 0.2) is 51.2 Å². The summed E-state index contributed by atoms with van der Waals surface area (Å²) < 4.78 is 5.54. The molecule has 34 heavy (non-hydrogen) atoms. The summed E-state index contributed by atoms with van der Waals surface area (Å²) in [6.45, 7) is 8.59. The van der Waals surface area contributed by atoms with E-state index in [0.29, 0.717) is 73.4 Å². The van der Waals surface area contributed by atoms with E-state index in [0.717, 1.165) is 6.42 Å². The van der Waals surface area contributed by atoms with Gasteiger partial charge >= 0.3 is 0 Å². The number of aliphatic hydroxyl groups excluding tert-OH is 1. The molecule has 6 nitrogen and oxygen atoms in total. The second-order valence-electron chi connectivity index (χ2n) is 11.2. The molecule has 0 bridgehead atoms. The van der Waals surface area contributed by atoms with Crippen LogP contribution in [-0.2, 0) is 24.1 Å². The van der Waals surface area contributed by atoms with Crippen LogP contribution in [0.25, 0.3) is 0 Å². The number of rotatable bonds is 7. The number of Topliss-reactive ketones (excluding diaryl/α,β-unsaturated/α-hetero) is 2. The van der Waals surface area contributed by atoms with Crippen molar-refractivity contribution in [1.29, 1.82) is 0 Å². The zero-order chi connectivity index (χ0) is 24.5. The Morgan fingerprint density at radius 2 is 1.65 bits per heavy atom. The van der Waals surface area contributed by atoms with Crippen molar-refractivity contribution >= 4 is 17.3 Å². The number of aliphatic imine (C=N–C) groups is 1. The molecule has 180 valence electrons. The maximum absolute atomic E-state index is 13.0. The van der Waals surface area contributed by atoms with Gasteiger partial charge in [0.25, 0.3) is 0 Å². The number of aliphatic hydroxyl groups is 1. The van der Waals surface area contributed by atoms with Crippen LogP contribution in [-0.4, -0.2) is 34.1 Å². The van der Waals surface area contributed by atoms with Crippen LogP contribution >= 0.6 is 0 Å². The van der Waals surface area contributed by atoms with Crippen molar-refractivity contribution in [3.63, 3.8) is 0 Å². The van der Waals surface area contributed by atoms with E-state index in [1.807, 2.05) is 32.0 Å². The zero-order valence-corrected chi connectivity index (χ0v) is 20.6. The largest absolute Gasteiger partial charge is 0.511 e. The molecule has 0 amide bonds. The first kappa shape index (κ1) is 24.1. The minimum atomic E-state index is -0.274. The predicted octanol–water partition coefficient (Wildman–Crippen LogP) is 5.65. The minimum absolute atomic E-state index is 0.0580. The summed E-state index contributed by atoms with van der Waals surface area (Å²) in [6, 6.07) is 10.1. The maximum Gasteiger partial charge on any atom is 0.168 e. The molecule has 1 heterocycles. The van der Waals surface area contributed by atoms with Gasteiger partial charge in [-0.05, 0) is 35.7 Å². The number of nitrogens with zero attached hydrogens (tertiary/aromatic N) is 2. The number of fused-ring (bicyclic) bond motifs is 1. The monoisotopic (exact) mass is 462 g/mol. The van der Waals surface area contributed by atoms with Gasteiger partial charge in [0.05, 0.1) is 16.8 Å². The summed E-state index contributed by atoms with van der Waals surface area (Å²) in [6.07, 6.45) is 3.55. The summed E-state index contributed by atoms with van der Waals surface area (Å²) in [4.78, 5) is 30.6. The van der Waals surface area contributed by atoms with Crippen LogP contribution in [0.3, 0.4) is 0 Å². The highest BCUT2D eigenvalue weighted by Gasteiger charge is 2.37. The number of aryl methyl sites for hydroxylation is 1. The van der Waals surface area contributed by atoms with Crippen molar-refractivity contribution in [3.8, 4) is 0 Å². The molecule has 1 N–H and O–H groups in total. The van der Waals surface area contributed by atoms with Crippen molar-refractivity contribution in [2.45, 2.75) is 72.6 Å². The van der Waals surface area contributed by atoms with Crippen molar-refractivity contribution in [3.05, 3.63) is 64.2 Å². The number of carbonyl (C=O) groups excluding carboxylic acids is 2. The Kier molecular flexibility index (Phi) is 6.61. The van der Waals surface area contributed by atoms with Crippen LogP contribution in [0.1, 0.15) is 80.8 Å². The molecule has 1 aromatic heterocycles. The summed E-state index contributed by atoms with van der Waals surface area (Å²) in [7, 11) is 0. The van der Waals surface area contributed by atoms with Crippen molar-refractivity contribution in [1.82, 2.24) is 5.16 Å². The SMILES string of the molecule is CC1(C)CC(=O)C(C(CCc2noc3c2C(=O)CC(C)(C)C3)=NCCc2ccccc2)=C(O)C1. The van der Waals surface area contributed by atoms with E-state index in [4.69, 9.17) is 9.52 Å². The van der Waals surface area contributed by atoms with Gasteiger partial charge in [0.1, 0.15) is 11.5 Å². The second-order valence-corrected chi connectivity index (χ2v) is 11.2. The lowest BCUT2D eigenvalue weighted by atomic mass is 9.74. The molecule has 2 aromatic rings. The maximum atomic E-state index is 13.0. The van der Waals surface area contributed by atoms with E-state index in [2.05, 4.69) is 31.1 Å². The Hall–Kier alpha value is -3.02. The Balaban J connectivity index is 1.58. The third-order valence-electron chi connectivity index (χ3n) is 6.68. The number of ketones is 2. The molecule has 1 aromatic carbocycles. The molecule has 2 aliphatic rings. The topological polar surface area (TPSA) is 92.8 Å². The third kappa shape index (κ3) is 5.37. The minimum Gasteiger partial charge on any atom is -0.511 e. The molecule has 0 spiro atoms. The van der Waals surface area contributed by atoms with Crippen LogP contribution in [0, 0.1) is 10.8 Å². The first-order valence-corrected chi connectivity index (χ1v) is 12.1. The zero-order valence-electron chi connectivity index (χ0n) is 20.6. The summed E-state index contributed by atoms with van der Waals surface area (Å²) >= 11 is 0. The number of benzene rings is 1. The molecular weight excluding hydrogens is 428 g/mol. The van der Waals surface area contributed by atoms with E-state index in [1.165, 1.54) is 5.56 Å². The fourth-order valence-electron chi connectivity index (χ4n) is 5.09. The summed E-state index contributed by atoms with van der Waals surface area (Å²) in [5.74, 6) is 0.742. The van der Waals surface area contributed by atoms with Gasteiger partial charge in [0.2, 0.25) is 0 Å². The van der Waals surface area contributed by atoms with Gasteiger partial charge in [-0.1, -0.05) is 63.2 Å². The Bertz CT molecular complexity index is 1150. The summed E-state index contributed by atoms with van der Waals surface area (Å²) in [5, 5.41) is 15.0. The number of carbonyl (C=O) groups is 2. The van der Waals surface area contributed by atoms with Gasteiger partial charge in [-0.15, -0.1) is 0 Å². The average Bonchev–Trinajstić information content (AvgIpc) is 3.12. The average molecular weight is 463 g/mol. The molecule has 0 aliphatic heterocycles. The van der Waals surface area contributed by atoms with E-state index in [-0.39, 0.29) is 28.2 Å². The van der Waals surface area contributed by atoms with E-state index in [1.54, 1.807) is 0 Å². The summed E-state index contributed by atoms with van der Waals surface area (Å²) in [5.41, 5.74) is 2.91. The van der Waals surface area contributed by atoms with Gasteiger partial charge < -0.3 is 9.63 Å². The lowest BCUT2D eigenvalue weighted by Crippen LogP contribution is -2.30. The first-order valence-electron chi connectivity index (χ1n) is 12.1. The Morgan fingerprint density at radius 1 is 0.971 bits per heavy atom. The van der Waals surface area contributed by atoms with Crippen LogP contribution in [0.5, 0.6) is 0 Å². The quantitative estimate of drug-likeness (QED) is 0.537. The smallest absolute Gasteiger partial charge is 0.168 e. The third-order valence-corrected chi connectivity index (χ3v) is 6.68. The fourth-order valence-corrected chi connectivity index (χ4v) is 5.09. The predicted molar refractivity (Wildman–Crippen MR) is 131 cm³/mol. The molecule has 6 heteroatoms. The first-order chi connectivity index (χ1) is 16.0. The van der Waals surface area contributed by atoms with Crippen molar-refractivity contribution < 1.29 is 19.2 Å². The molecule has 0 saturated heterocycles. The van der Waals surface area contributed by atoms with E-state index in [9.17, 15) is 14.7 Å². The van der Waals surface area contributed by atoms with Crippen LogP contribution < -0.4 is 0 Å². The molecule has 0 saturated carbocycles. The molecule has 0 fully saturated rings. The highest BCUT2D eigenvalue weighted by molar-refractivity contribution is 6.23. The highest BCUT2D eigenvalue weighted by atomic mass is 16.5. The number of hydrogen-bond donors (Lipinski definition) is 1. The van der Waals surface area contributed by atoms with Crippen molar-refractivity contribution in [2.75, 3.05) is 6.54 Å². The molecule has 0 radical (unpaired) electrons. The lowest BCUT2D eigenvalue weighted by molar-refractivity contribution is -0.118. The van der Waals surface area contributed by atoms with Crippen molar-refractivity contribution in [2.24, 2.45) is 15.8 Å². The van der Waals surface area contributed by atoms with Gasteiger partial charge in [-0.25, -0.2) is 0 Å².